The van der Waals surface area contributed by atoms with Gasteiger partial charge in [-0.1, -0.05) is 40.9 Å². The van der Waals surface area contributed by atoms with Crippen molar-refractivity contribution in [2.75, 3.05) is 31.1 Å². The standard InChI is InChI=1S/C25H20Cl3N3O2S/c1-15-2-4-17(13-20(15)27)30-8-10-31(11-9-30)25-29-24(32)23(34-25)14-18-5-7-22(33-18)19-6-3-16(26)12-21(19)28/h2-7,12-14H,8-11H2,1H3/b23-14+. The summed E-state index contributed by atoms with van der Waals surface area (Å²) in [5, 5.41) is 2.56. The molecule has 1 saturated heterocycles. The fraction of sp³-hybridized carbons (Fsp3) is 0.200. The van der Waals surface area contributed by atoms with Gasteiger partial charge in [-0.2, -0.15) is 4.99 Å². The molecule has 2 aliphatic heterocycles. The van der Waals surface area contributed by atoms with Crippen molar-refractivity contribution < 1.29 is 9.21 Å². The first kappa shape index (κ1) is 23.4. The number of piperazine rings is 1. The highest BCUT2D eigenvalue weighted by molar-refractivity contribution is 8.18. The van der Waals surface area contributed by atoms with E-state index in [2.05, 4.69) is 20.9 Å². The van der Waals surface area contributed by atoms with E-state index in [0.29, 0.717) is 26.5 Å². The Bertz CT molecular complexity index is 1330. The number of aliphatic imine (C=N–C) groups is 1. The van der Waals surface area contributed by atoms with Crippen LogP contribution in [0.25, 0.3) is 17.4 Å². The van der Waals surface area contributed by atoms with Crippen LogP contribution in [0.3, 0.4) is 0 Å². The molecular weight excluding hydrogens is 513 g/mol. The molecule has 0 aliphatic carbocycles. The first-order valence-corrected chi connectivity index (χ1v) is 12.7. The normalized spacial score (nSPS) is 17.6. The van der Waals surface area contributed by atoms with Crippen LogP contribution in [0.5, 0.6) is 0 Å². The van der Waals surface area contributed by atoms with Gasteiger partial charge in [-0.3, -0.25) is 4.79 Å². The number of halogens is 3. The van der Waals surface area contributed by atoms with Crippen molar-refractivity contribution in [3.8, 4) is 11.3 Å². The SMILES string of the molecule is Cc1ccc(N2CCN(C3=NC(=O)/C(=C\c4ccc(-c5ccc(Cl)cc5Cl)o4)S3)CC2)cc1Cl. The van der Waals surface area contributed by atoms with E-state index < -0.39 is 0 Å². The number of thioether (sulfide) groups is 1. The lowest BCUT2D eigenvalue weighted by Crippen LogP contribution is -2.47. The molecule has 9 heteroatoms. The second kappa shape index (κ2) is 9.70. The zero-order chi connectivity index (χ0) is 23.8. The molecule has 174 valence electrons. The van der Waals surface area contributed by atoms with Gasteiger partial charge in [0.25, 0.3) is 5.91 Å². The summed E-state index contributed by atoms with van der Waals surface area (Å²) in [4.78, 5) is 21.8. The minimum absolute atomic E-state index is 0.254. The summed E-state index contributed by atoms with van der Waals surface area (Å²) in [6.45, 7) is 5.21. The van der Waals surface area contributed by atoms with E-state index in [0.717, 1.165) is 53.2 Å². The molecule has 0 bridgehead atoms. The molecule has 2 aromatic carbocycles. The average Bonchev–Trinajstić information content (AvgIpc) is 3.43. The molecule has 3 aromatic rings. The third-order valence-corrected chi connectivity index (χ3v) is 7.78. The molecule has 34 heavy (non-hydrogen) atoms. The fourth-order valence-electron chi connectivity index (χ4n) is 3.86. The molecule has 0 N–H and O–H groups in total. The molecule has 3 heterocycles. The van der Waals surface area contributed by atoms with Gasteiger partial charge in [-0.05, 0) is 66.7 Å². The lowest BCUT2D eigenvalue weighted by molar-refractivity contribution is -0.113. The van der Waals surface area contributed by atoms with Crippen LogP contribution in [-0.2, 0) is 4.79 Å². The zero-order valence-corrected chi connectivity index (χ0v) is 21.3. The topological polar surface area (TPSA) is 49.0 Å². The van der Waals surface area contributed by atoms with Crippen molar-refractivity contribution in [2.45, 2.75) is 6.92 Å². The van der Waals surface area contributed by atoms with E-state index in [1.807, 2.05) is 31.2 Å². The van der Waals surface area contributed by atoms with Crippen LogP contribution in [0, 0.1) is 6.92 Å². The maximum absolute atomic E-state index is 12.5. The van der Waals surface area contributed by atoms with Crippen LogP contribution in [0.2, 0.25) is 15.1 Å². The number of rotatable bonds is 3. The number of amidine groups is 1. The number of nitrogens with zero attached hydrogens (tertiary/aromatic N) is 3. The van der Waals surface area contributed by atoms with E-state index in [-0.39, 0.29) is 5.91 Å². The summed E-state index contributed by atoms with van der Waals surface area (Å²) in [5.74, 6) is 0.919. The van der Waals surface area contributed by atoms with Gasteiger partial charge in [0.15, 0.2) is 5.17 Å². The van der Waals surface area contributed by atoms with E-state index >= 15 is 0 Å². The molecule has 1 amide bonds. The Balaban J connectivity index is 1.24. The lowest BCUT2D eigenvalue weighted by atomic mass is 10.2. The summed E-state index contributed by atoms with van der Waals surface area (Å²) >= 11 is 19.9. The highest BCUT2D eigenvalue weighted by atomic mass is 35.5. The molecule has 1 aromatic heterocycles. The minimum atomic E-state index is -0.254. The van der Waals surface area contributed by atoms with Crippen molar-refractivity contribution in [2.24, 2.45) is 4.99 Å². The number of carbonyl (C=O) groups is 1. The molecule has 0 spiro atoms. The highest BCUT2D eigenvalue weighted by Crippen LogP contribution is 2.35. The third-order valence-electron chi connectivity index (χ3n) is 5.78. The quantitative estimate of drug-likeness (QED) is 0.340. The first-order chi connectivity index (χ1) is 16.4. The Morgan fingerprint density at radius 3 is 2.44 bits per heavy atom. The molecule has 0 atom stereocenters. The predicted molar refractivity (Wildman–Crippen MR) is 142 cm³/mol. The summed E-state index contributed by atoms with van der Waals surface area (Å²) in [7, 11) is 0. The van der Waals surface area contributed by atoms with Gasteiger partial charge >= 0.3 is 0 Å². The van der Waals surface area contributed by atoms with Gasteiger partial charge in [-0.25, -0.2) is 0 Å². The van der Waals surface area contributed by atoms with Crippen LogP contribution in [0.15, 0.2) is 62.8 Å². The number of hydrogen-bond acceptors (Lipinski definition) is 5. The summed E-state index contributed by atoms with van der Waals surface area (Å²) < 4.78 is 5.91. The molecule has 0 unspecified atom stereocenters. The van der Waals surface area contributed by atoms with Crippen LogP contribution >= 0.6 is 46.6 Å². The van der Waals surface area contributed by atoms with Crippen LogP contribution in [0.1, 0.15) is 11.3 Å². The third kappa shape index (κ3) is 4.86. The molecule has 5 rings (SSSR count). The number of furan rings is 1. The largest absolute Gasteiger partial charge is 0.457 e. The Morgan fingerprint density at radius 2 is 1.71 bits per heavy atom. The number of aryl methyl sites for hydroxylation is 1. The number of hydrogen-bond donors (Lipinski definition) is 0. The molecule has 2 aliphatic rings. The Hall–Kier alpha value is -2.38. The highest BCUT2D eigenvalue weighted by Gasteiger charge is 2.29. The Morgan fingerprint density at radius 1 is 0.941 bits per heavy atom. The van der Waals surface area contributed by atoms with Gasteiger partial charge in [0.2, 0.25) is 0 Å². The van der Waals surface area contributed by atoms with E-state index in [1.165, 1.54) is 11.8 Å². The number of carbonyl (C=O) groups excluding carboxylic acids is 1. The van der Waals surface area contributed by atoms with Gasteiger partial charge in [0, 0.05) is 53.6 Å². The zero-order valence-electron chi connectivity index (χ0n) is 18.2. The summed E-state index contributed by atoms with van der Waals surface area (Å²) in [6, 6.07) is 15.0. The van der Waals surface area contributed by atoms with Crippen molar-refractivity contribution in [3.63, 3.8) is 0 Å². The van der Waals surface area contributed by atoms with Gasteiger partial charge in [0.1, 0.15) is 11.5 Å². The second-order valence-electron chi connectivity index (χ2n) is 8.04. The molecular formula is C25H20Cl3N3O2S. The number of benzene rings is 2. The maximum Gasteiger partial charge on any atom is 0.286 e. The van der Waals surface area contributed by atoms with Crippen molar-refractivity contribution in [1.82, 2.24) is 4.90 Å². The molecule has 0 radical (unpaired) electrons. The van der Waals surface area contributed by atoms with Crippen LogP contribution in [0.4, 0.5) is 5.69 Å². The van der Waals surface area contributed by atoms with E-state index in [9.17, 15) is 4.79 Å². The van der Waals surface area contributed by atoms with Crippen molar-refractivity contribution in [1.29, 1.82) is 0 Å². The van der Waals surface area contributed by atoms with Crippen LogP contribution < -0.4 is 4.90 Å². The monoisotopic (exact) mass is 531 g/mol. The Labute approximate surface area is 217 Å². The summed E-state index contributed by atoms with van der Waals surface area (Å²) in [6.07, 6.45) is 1.72. The van der Waals surface area contributed by atoms with Crippen LogP contribution in [-0.4, -0.2) is 42.2 Å². The summed E-state index contributed by atoms with van der Waals surface area (Å²) in [5.41, 5.74) is 2.92. The average molecular weight is 533 g/mol. The molecule has 1 fully saturated rings. The minimum Gasteiger partial charge on any atom is -0.457 e. The second-order valence-corrected chi connectivity index (χ2v) is 10.3. The van der Waals surface area contributed by atoms with E-state index in [1.54, 1.807) is 24.3 Å². The number of amides is 1. The van der Waals surface area contributed by atoms with Gasteiger partial charge < -0.3 is 14.2 Å². The predicted octanol–water partition coefficient (Wildman–Crippen LogP) is 7.01. The Kier molecular flexibility index (Phi) is 6.67. The van der Waals surface area contributed by atoms with Gasteiger partial charge in [0.05, 0.1) is 9.93 Å². The van der Waals surface area contributed by atoms with Gasteiger partial charge in [-0.15, -0.1) is 0 Å². The maximum atomic E-state index is 12.5. The fourth-order valence-corrected chi connectivity index (χ4v) is 5.48. The first-order valence-electron chi connectivity index (χ1n) is 10.7. The molecule has 5 nitrogen and oxygen atoms in total. The molecule has 0 saturated carbocycles. The van der Waals surface area contributed by atoms with Crippen molar-refractivity contribution >= 4 is 69.4 Å². The number of anilines is 1. The lowest BCUT2D eigenvalue weighted by Gasteiger charge is -2.36. The van der Waals surface area contributed by atoms with Crippen molar-refractivity contribution in [3.05, 3.63) is 79.8 Å². The van der Waals surface area contributed by atoms with E-state index in [4.69, 9.17) is 39.2 Å². The smallest absolute Gasteiger partial charge is 0.286 e.